The van der Waals surface area contributed by atoms with Crippen LogP contribution in [0.15, 0.2) is 134 Å². The minimum Gasteiger partial charge on any atom is -0.457 e. The highest BCUT2D eigenvalue weighted by Crippen LogP contribution is 2.42. The zero-order chi connectivity index (χ0) is 43.0. The van der Waals surface area contributed by atoms with Crippen LogP contribution in [0.1, 0.15) is 57.1 Å². The zero-order valence-electron chi connectivity index (χ0n) is 37.3. The van der Waals surface area contributed by atoms with Crippen LogP contribution in [-0.2, 0) is 5.41 Å². The van der Waals surface area contributed by atoms with E-state index in [1.807, 2.05) is 95.9 Å². The van der Waals surface area contributed by atoms with E-state index < -0.39 is 13.7 Å². The van der Waals surface area contributed by atoms with E-state index in [1.165, 1.54) is 23.8 Å². The van der Waals surface area contributed by atoms with Crippen molar-refractivity contribution in [2.45, 2.75) is 53.7 Å². The molecule has 0 saturated carbocycles. The molecule has 6 heteroatoms. The molecule has 1 aliphatic rings. The maximum atomic E-state index is 8.36. The highest BCUT2D eigenvalue weighted by atomic mass is 16.5. The summed E-state index contributed by atoms with van der Waals surface area (Å²) >= 11 is 0. The molecule has 0 N–H and O–H groups in total. The van der Waals surface area contributed by atoms with Gasteiger partial charge >= 0.3 is 6.01 Å². The van der Waals surface area contributed by atoms with Crippen molar-refractivity contribution in [3.8, 4) is 28.4 Å². The molecule has 3 aromatic heterocycles. The van der Waals surface area contributed by atoms with Crippen LogP contribution in [0.5, 0.6) is 11.5 Å². The Kier molecular flexibility index (Phi) is 6.62. The van der Waals surface area contributed by atoms with E-state index in [0.29, 0.717) is 22.7 Å². The molecule has 0 saturated heterocycles. The summed E-state index contributed by atoms with van der Waals surface area (Å²) in [6.07, 6.45) is 1.87. The molecule has 0 atom stereocenters. The van der Waals surface area contributed by atoms with Gasteiger partial charge in [-0.25, -0.2) is 4.98 Å². The third kappa shape index (κ3) is 5.92. The molecule has 268 valence electrons. The molecular weight excluding hydrogens is 675 g/mol. The summed E-state index contributed by atoms with van der Waals surface area (Å²) in [5.41, 5.74) is 8.45. The quantitative estimate of drug-likeness (QED) is 0.160. The van der Waals surface area contributed by atoms with Gasteiger partial charge in [0, 0.05) is 61.2 Å². The van der Waals surface area contributed by atoms with Crippen LogP contribution < -0.4 is 13.9 Å². The second-order valence-electron chi connectivity index (χ2n) is 15.0. The van der Waals surface area contributed by atoms with Gasteiger partial charge in [-0.05, 0) is 107 Å². The molecule has 1 aliphatic heterocycles. The number of ether oxygens (including phenoxy) is 1. The van der Waals surface area contributed by atoms with Crippen molar-refractivity contribution in [2.24, 2.45) is 0 Å². The zero-order valence-corrected chi connectivity index (χ0v) is 31.3. The number of hydrogen-bond acceptors (Lipinski definition) is 3. The van der Waals surface area contributed by atoms with Gasteiger partial charge in [0.25, 0.3) is 11.4 Å². The number of hydrogen-bond donors (Lipinski definition) is 0. The molecule has 55 heavy (non-hydrogen) atoms. The van der Waals surface area contributed by atoms with Gasteiger partial charge in [-0.2, -0.15) is 0 Å². The van der Waals surface area contributed by atoms with Gasteiger partial charge in [-0.3, -0.25) is 9.55 Å². The molecular formula is C49H43N5O+2. The summed E-state index contributed by atoms with van der Waals surface area (Å²) in [5.74, 6) is 2.06. The Morgan fingerprint density at radius 2 is 1.40 bits per heavy atom. The standard InChI is InChI=1S/C49H43N5O/c1-31-14-12-15-32(2)47(31)40-18-8-9-19-42(40)53-30-52(43-20-10-11-21-44(43)53)36-16-13-17-37(28-36)55-38-22-23-39-41-26-33(3)51-34(4)48(41)54(45(39)29-38)46-27-35(24-25-50-46)49(5,6)7/h8-29H,1-7H3/q+2/i1D3,2D3. The van der Waals surface area contributed by atoms with Gasteiger partial charge < -0.3 is 4.74 Å². The first kappa shape index (κ1) is 27.9. The molecule has 0 amide bonds. The van der Waals surface area contributed by atoms with Crippen molar-refractivity contribution < 1.29 is 13.0 Å². The Hall–Kier alpha value is -6.62. The van der Waals surface area contributed by atoms with Gasteiger partial charge in [0.2, 0.25) is 11.4 Å². The SMILES string of the molecule is [2H]C([2H])([2H])c1cccc(C([2H])([2H])[2H])c1-c1ccccc1[N+]1=C=[N+](c2cccc(Oc3ccc4c5cc(C)nc(C)c5n(-c5cc(C(C)(C)C)ccn5)c4c3)c2)c2ccccc21. The van der Waals surface area contributed by atoms with E-state index in [1.54, 1.807) is 12.1 Å². The van der Waals surface area contributed by atoms with Gasteiger partial charge in [0.1, 0.15) is 17.3 Å². The number of benzene rings is 5. The number of rotatable bonds is 6. The Bertz CT molecular complexity index is 3120. The average Bonchev–Trinajstić information content (AvgIpc) is 3.76. The van der Waals surface area contributed by atoms with Crippen LogP contribution >= 0.6 is 0 Å². The Labute approximate surface area is 330 Å². The third-order valence-corrected chi connectivity index (χ3v) is 10.2. The lowest BCUT2D eigenvalue weighted by atomic mass is 9.88. The molecule has 0 spiro atoms. The largest absolute Gasteiger partial charge is 0.503 e. The first-order chi connectivity index (χ1) is 29.0. The molecule has 0 radical (unpaired) electrons. The average molecular weight is 724 g/mol. The van der Waals surface area contributed by atoms with E-state index in [9.17, 15) is 0 Å². The number of nitrogens with zero attached hydrogens (tertiary/aromatic N) is 5. The maximum Gasteiger partial charge on any atom is 0.503 e. The fraction of sp³-hybridized carbons (Fsp3) is 0.163. The van der Waals surface area contributed by atoms with Crippen molar-refractivity contribution in [1.82, 2.24) is 23.7 Å². The summed E-state index contributed by atoms with van der Waals surface area (Å²) < 4.78 is 62.8. The first-order valence-electron chi connectivity index (χ1n) is 21.3. The highest BCUT2D eigenvalue weighted by Gasteiger charge is 2.37. The van der Waals surface area contributed by atoms with Gasteiger partial charge in [0.05, 0.1) is 28.4 Å². The van der Waals surface area contributed by atoms with Gasteiger partial charge in [-0.15, -0.1) is 0 Å². The number of aromatic nitrogens is 3. The van der Waals surface area contributed by atoms with Crippen molar-refractivity contribution in [3.63, 3.8) is 0 Å². The van der Waals surface area contributed by atoms with E-state index in [4.69, 9.17) is 22.9 Å². The van der Waals surface area contributed by atoms with E-state index >= 15 is 0 Å². The smallest absolute Gasteiger partial charge is 0.457 e. The van der Waals surface area contributed by atoms with E-state index in [-0.39, 0.29) is 22.1 Å². The summed E-state index contributed by atoms with van der Waals surface area (Å²) in [5, 5.41) is 2.16. The maximum absolute atomic E-state index is 8.36. The van der Waals surface area contributed by atoms with Gasteiger partial charge in [0.15, 0.2) is 0 Å². The number of fused-ring (bicyclic) bond motifs is 4. The predicted molar refractivity (Wildman–Crippen MR) is 227 cm³/mol. The number of para-hydroxylation sites is 3. The summed E-state index contributed by atoms with van der Waals surface area (Å²) in [4.78, 5) is 9.70. The van der Waals surface area contributed by atoms with Crippen LogP contribution in [0.3, 0.4) is 0 Å². The topological polar surface area (TPSA) is 46.0 Å². The number of pyridine rings is 2. The minimum atomic E-state index is -2.56. The second-order valence-corrected chi connectivity index (χ2v) is 15.0. The fourth-order valence-corrected chi connectivity index (χ4v) is 7.64. The van der Waals surface area contributed by atoms with Crippen LogP contribution in [0.25, 0.3) is 38.8 Å². The fourth-order valence-electron chi connectivity index (χ4n) is 7.64. The van der Waals surface area contributed by atoms with E-state index in [2.05, 4.69) is 61.7 Å². The number of aryl methyl sites for hydroxylation is 4. The predicted octanol–water partition coefficient (Wildman–Crippen LogP) is 12.4. The van der Waals surface area contributed by atoms with Crippen molar-refractivity contribution in [3.05, 3.63) is 162 Å². The third-order valence-electron chi connectivity index (χ3n) is 10.2. The lowest BCUT2D eigenvalue weighted by Crippen LogP contribution is -2.12. The Balaban J connectivity index is 1.17. The molecule has 6 nitrogen and oxygen atoms in total. The molecule has 0 fully saturated rings. The van der Waals surface area contributed by atoms with Crippen molar-refractivity contribution >= 4 is 50.6 Å². The van der Waals surface area contributed by atoms with E-state index in [0.717, 1.165) is 56.1 Å². The molecule has 0 unspecified atom stereocenters. The van der Waals surface area contributed by atoms with Crippen molar-refractivity contribution in [2.75, 3.05) is 0 Å². The first-order valence-corrected chi connectivity index (χ1v) is 18.3. The van der Waals surface area contributed by atoms with Crippen LogP contribution in [0, 0.1) is 27.6 Å². The lowest BCUT2D eigenvalue weighted by Gasteiger charge is -2.20. The molecule has 8 aromatic rings. The molecule has 0 bridgehead atoms. The normalized spacial score (nSPS) is 14.6. The molecule has 4 heterocycles. The van der Waals surface area contributed by atoms with Crippen LogP contribution in [0.4, 0.5) is 22.7 Å². The summed E-state index contributed by atoms with van der Waals surface area (Å²) in [6, 6.07) is 43.2. The van der Waals surface area contributed by atoms with Crippen LogP contribution in [-0.4, -0.2) is 20.5 Å². The molecule has 0 aliphatic carbocycles. The Morgan fingerprint density at radius 1 is 0.691 bits per heavy atom. The van der Waals surface area contributed by atoms with Gasteiger partial charge in [-0.1, -0.05) is 69.3 Å². The molecule has 5 aromatic carbocycles. The monoisotopic (exact) mass is 723 g/mol. The second kappa shape index (κ2) is 13.0. The lowest BCUT2D eigenvalue weighted by molar-refractivity contribution is 0.483. The molecule has 9 rings (SSSR count). The van der Waals surface area contributed by atoms with Crippen molar-refractivity contribution in [1.29, 1.82) is 0 Å². The summed E-state index contributed by atoms with van der Waals surface area (Å²) in [6.45, 7) is 5.52. The Morgan fingerprint density at radius 3 is 2.16 bits per heavy atom. The minimum absolute atomic E-state index is 0.0297. The highest BCUT2D eigenvalue weighted by molar-refractivity contribution is 6.10. The summed E-state index contributed by atoms with van der Waals surface area (Å²) in [7, 11) is 0. The van der Waals surface area contributed by atoms with Crippen LogP contribution in [0.2, 0.25) is 0 Å².